The largest absolute Gasteiger partial charge is 0.462 e. The fraction of sp³-hybridized carbons (Fsp3) is 0.738. The van der Waals surface area contributed by atoms with Crippen LogP contribution < -0.4 is 0 Å². The highest BCUT2D eigenvalue weighted by atomic mass is 16.6. The zero-order chi connectivity index (χ0) is 51.4. The normalized spacial score (nSPS) is 12.7. The van der Waals surface area contributed by atoms with Crippen LogP contribution in [0.3, 0.4) is 0 Å². The molecule has 0 bridgehead atoms. The third kappa shape index (κ3) is 57.4. The number of esters is 3. The average molecular weight is 990 g/mol. The molecule has 0 amide bonds. The monoisotopic (exact) mass is 989 g/mol. The quantitative estimate of drug-likeness (QED) is 0.0261. The van der Waals surface area contributed by atoms with Crippen molar-refractivity contribution >= 4 is 17.9 Å². The molecular formula is C65H112O6. The molecule has 0 aliphatic heterocycles. The van der Waals surface area contributed by atoms with Gasteiger partial charge in [-0.15, -0.1) is 0 Å². The van der Waals surface area contributed by atoms with E-state index in [1.54, 1.807) is 0 Å². The Morgan fingerprint density at radius 3 is 0.901 bits per heavy atom. The minimum atomic E-state index is -0.800. The fourth-order valence-corrected chi connectivity index (χ4v) is 8.38. The first-order valence-corrected chi connectivity index (χ1v) is 30.1. The van der Waals surface area contributed by atoms with E-state index < -0.39 is 6.10 Å². The molecule has 0 aliphatic rings. The highest BCUT2D eigenvalue weighted by molar-refractivity contribution is 5.71. The molecule has 0 spiro atoms. The van der Waals surface area contributed by atoms with E-state index in [1.807, 2.05) is 0 Å². The third-order valence-corrected chi connectivity index (χ3v) is 12.9. The van der Waals surface area contributed by atoms with Gasteiger partial charge in [0.15, 0.2) is 6.10 Å². The Morgan fingerprint density at radius 2 is 0.549 bits per heavy atom. The van der Waals surface area contributed by atoms with Crippen molar-refractivity contribution in [1.82, 2.24) is 0 Å². The van der Waals surface area contributed by atoms with Crippen LogP contribution in [0.25, 0.3) is 0 Å². The van der Waals surface area contributed by atoms with E-state index in [2.05, 4.69) is 106 Å². The summed E-state index contributed by atoms with van der Waals surface area (Å²) in [6.45, 7) is 6.49. The fourth-order valence-electron chi connectivity index (χ4n) is 8.38. The first-order chi connectivity index (χ1) is 35.0. The van der Waals surface area contributed by atoms with Crippen LogP contribution in [0.15, 0.2) is 85.1 Å². The Hall–Kier alpha value is -3.41. The predicted octanol–water partition coefficient (Wildman–Crippen LogP) is 20.3. The van der Waals surface area contributed by atoms with E-state index in [0.717, 1.165) is 122 Å². The molecule has 6 heteroatoms. The smallest absolute Gasteiger partial charge is 0.306 e. The number of hydrogen-bond acceptors (Lipinski definition) is 6. The SMILES string of the molecule is CC/C=C\C/C=C\C/C=C\C/C=C\C/C=C\CCCCCC(=O)O[C@H](COC(=O)CCCCCCC/C=C\C/C=C\CCCCC)COC(=O)CCCCCCCCCCCCCCCCCCCCC. The topological polar surface area (TPSA) is 78.9 Å². The molecular weight excluding hydrogens is 877 g/mol. The van der Waals surface area contributed by atoms with Crippen LogP contribution in [0.2, 0.25) is 0 Å². The van der Waals surface area contributed by atoms with E-state index in [9.17, 15) is 14.4 Å². The summed E-state index contributed by atoms with van der Waals surface area (Å²) in [4.78, 5) is 38.2. The van der Waals surface area contributed by atoms with E-state index in [-0.39, 0.29) is 37.5 Å². The van der Waals surface area contributed by atoms with Crippen LogP contribution in [0.5, 0.6) is 0 Å². The minimum Gasteiger partial charge on any atom is -0.462 e. The summed E-state index contributed by atoms with van der Waals surface area (Å²) in [6.07, 6.45) is 77.2. The lowest BCUT2D eigenvalue weighted by Gasteiger charge is -2.18. The number of carbonyl (C=O) groups excluding carboxylic acids is 3. The molecule has 0 fully saturated rings. The van der Waals surface area contributed by atoms with Gasteiger partial charge in [-0.1, -0.05) is 260 Å². The second kappa shape index (κ2) is 59.2. The van der Waals surface area contributed by atoms with Crippen LogP contribution in [0, 0.1) is 0 Å². The summed E-state index contributed by atoms with van der Waals surface area (Å²) in [5.41, 5.74) is 0. The molecule has 0 saturated heterocycles. The van der Waals surface area contributed by atoms with Crippen molar-refractivity contribution in [3.63, 3.8) is 0 Å². The molecule has 1 atom stereocenters. The standard InChI is InChI=1S/C65H112O6/c1-4-7-10-13-16-19-22-25-28-30-32-34-37-40-43-46-49-52-55-58-64(67)70-61-62(60-69-63(66)57-54-51-48-45-42-39-36-27-24-21-18-15-12-9-6-3)71-65(68)59-56-53-50-47-44-41-38-35-33-31-29-26-23-20-17-14-11-8-5-2/h8,11,17-18,20-21,26-27,29,33,35-36,41,44,62H,4-7,9-10,12-16,19,22-25,28,30-32,34,37-40,42-43,45-61H2,1-3H3/b11-8-,20-17-,21-18-,29-26-,35-33-,36-27-,44-41-/t62-/m1/s1. The first-order valence-electron chi connectivity index (χ1n) is 30.1. The Labute approximate surface area is 439 Å². The van der Waals surface area contributed by atoms with Crippen molar-refractivity contribution in [2.75, 3.05) is 13.2 Å². The molecule has 6 nitrogen and oxygen atoms in total. The molecule has 0 aromatic carbocycles. The van der Waals surface area contributed by atoms with Gasteiger partial charge in [0.2, 0.25) is 0 Å². The van der Waals surface area contributed by atoms with E-state index in [4.69, 9.17) is 14.2 Å². The van der Waals surface area contributed by atoms with Crippen molar-refractivity contribution in [2.24, 2.45) is 0 Å². The zero-order valence-corrected chi connectivity index (χ0v) is 46.7. The number of ether oxygens (including phenoxy) is 3. The van der Waals surface area contributed by atoms with Crippen molar-refractivity contribution in [3.8, 4) is 0 Å². The van der Waals surface area contributed by atoms with Gasteiger partial charge in [-0.3, -0.25) is 14.4 Å². The number of unbranched alkanes of at least 4 members (excludes halogenated alkanes) is 29. The molecule has 0 radical (unpaired) electrons. The Bertz CT molecular complexity index is 1370. The second-order valence-electron chi connectivity index (χ2n) is 19.9. The van der Waals surface area contributed by atoms with E-state index in [0.29, 0.717) is 12.8 Å². The highest BCUT2D eigenvalue weighted by Crippen LogP contribution is 2.16. The Kier molecular flexibility index (Phi) is 56.3. The molecule has 0 aromatic rings. The summed E-state index contributed by atoms with van der Waals surface area (Å²) in [5.74, 6) is -0.929. The molecule has 0 rings (SSSR count). The summed E-state index contributed by atoms with van der Waals surface area (Å²) < 4.78 is 16.9. The molecule has 0 N–H and O–H groups in total. The molecule has 0 aliphatic carbocycles. The van der Waals surface area contributed by atoms with Crippen LogP contribution in [0.1, 0.15) is 290 Å². The maximum absolute atomic E-state index is 12.9. The van der Waals surface area contributed by atoms with Gasteiger partial charge >= 0.3 is 17.9 Å². The minimum absolute atomic E-state index is 0.0925. The van der Waals surface area contributed by atoms with Gasteiger partial charge in [-0.05, 0) is 96.3 Å². The molecule has 71 heavy (non-hydrogen) atoms. The third-order valence-electron chi connectivity index (χ3n) is 12.9. The summed E-state index contributed by atoms with van der Waals surface area (Å²) in [5, 5.41) is 0. The number of carbonyl (C=O) groups is 3. The maximum Gasteiger partial charge on any atom is 0.306 e. The summed E-state index contributed by atoms with van der Waals surface area (Å²) >= 11 is 0. The molecule has 0 heterocycles. The lowest BCUT2D eigenvalue weighted by Crippen LogP contribution is -2.30. The first kappa shape index (κ1) is 67.6. The van der Waals surface area contributed by atoms with Crippen molar-refractivity contribution < 1.29 is 28.6 Å². The van der Waals surface area contributed by atoms with Gasteiger partial charge in [0.25, 0.3) is 0 Å². The van der Waals surface area contributed by atoms with Gasteiger partial charge in [0.1, 0.15) is 13.2 Å². The highest BCUT2D eigenvalue weighted by Gasteiger charge is 2.19. The van der Waals surface area contributed by atoms with Gasteiger partial charge in [0.05, 0.1) is 0 Å². The summed E-state index contributed by atoms with van der Waals surface area (Å²) in [6, 6.07) is 0. The van der Waals surface area contributed by atoms with Crippen LogP contribution in [-0.2, 0) is 28.6 Å². The van der Waals surface area contributed by atoms with Gasteiger partial charge in [-0.2, -0.15) is 0 Å². The average Bonchev–Trinajstić information content (AvgIpc) is 3.37. The molecule has 0 unspecified atom stereocenters. The Balaban J connectivity index is 4.44. The van der Waals surface area contributed by atoms with Crippen LogP contribution in [0.4, 0.5) is 0 Å². The van der Waals surface area contributed by atoms with Gasteiger partial charge in [-0.25, -0.2) is 0 Å². The second-order valence-corrected chi connectivity index (χ2v) is 19.9. The summed E-state index contributed by atoms with van der Waals surface area (Å²) in [7, 11) is 0. The van der Waals surface area contributed by atoms with E-state index >= 15 is 0 Å². The van der Waals surface area contributed by atoms with Crippen LogP contribution in [-0.4, -0.2) is 37.2 Å². The van der Waals surface area contributed by atoms with Gasteiger partial charge < -0.3 is 14.2 Å². The maximum atomic E-state index is 12.9. The van der Waals surface area contributed by atoms with E-state index in [1.165, 1.54) is 128 Å². The Morgan fingerprint density at radius 1 is 0.296 bits per heavy atom. The molecule has 0 saturated carbocycles. The zero-order valence-electron chi connectivity index (χ0n) is 46.7. The van der Waals surface area contributed by atoms with Crippen molar-refractivity contribution in [3.05, 3.63) is 85.1 Å². The van der Waals surface area contributed by atoms with Gasteiger partial charge in [0, 0.05) is 19.3 Å². The van der Waals surface area contributed by atoms with Crippen LogP contribution >= 0.6 is 0 Å². The molecule has 0 aromatic heterocycles. The molecule has 408 valence electrons. The number of rotatable bonds is 54. The lowest BCUT2D eigenvalue weighted by molar-refractivity contribution is -0.167. The van der Waals surface area contributed by atoms with Crippen molar-refractivity contribution in [1.29, 1.82) is 0 Å². The van der Waals surface area contributed by atoms with Crippen molar-refractivity contribution in [2.45, 2.75) is 297 Å². The predicted molar refractivity (Wildman–Crippen MR) is 307 cm³/mol. The lowest BCUT2D eigenvalue weighted by atomic mass is 10.0. The number of allylic oxidation sites excluding steroid dienone is 14. The number of hydrogen-bond donors (Lipinski definition) is 0.